The summed E-state index contributed by atoms with van der Waals surface area (Å²) in [5, 5.41) is 33.9. The number of hydrogen-bond donors (Lipinski definition) is 4. The monoisotopic (exact) mass is 391 g/mol. The number of nitrogens with one attached hydrogen (secondary N) is 1. The minimum atomic E-state index is -0.293. The Labute approximate surface area is 172 Å². The largest absolute Gasteiger partial charge is 0.506 e. The molecule has 0 fully saturated rings. The smallest absolute Gasteiger partial charge is 0.197 e. The van der Waals surface area contributed by atoms with Gasteiger partial charge in [0.15, 0.2) is 5.96 Å². The average Bonchev–Trinajstić information content (AvgIpc) is 3.32. The fourth-order valence-electron chi connectivity index (χ4n) is 4.75. The number of nitrogens with two attached hydrogens (primary N) is 1. The highest BCUT2D eigenvalue weighted by atomic mass is 16.3. The maximum absolute atomic E-state index is 11.0. The van der Waals surface area contributed by atoms with Crippen molar-refractivity contribution in [3.05, 3.63) is 70.8 Å². The van der Waals surface area contributed by atoms with Crippen molar-refractivity contribution in [1.29, 1.82) is 5.41 Å². The third kappa shape index (κ3) is 2.03. The number of phenols is 2. The first-order chi connectivity index (χ1) is 14.5. The van der Waals surface area contributed by atoms with Crippen LogP contribution in [0, 0.1) is 5.41 Å². The number of guanidine groups is 1. The van der Waals surface area contributed by atoms with Crippen LogP contribution in [0.4, 0.5) is 11.4 Å². The quantitative estimate of drug-likeness (QED) is 0.235. The molecule has 0 radical (unpaired) electrons. The highest BCUT2D eigenvalue weighted by Gasteiger charge is 2.28. The molecule has 30 heavy (non-hydrogen) atoms. The molecule has 0 amide bonds. The molecule has 0 atom stereocenters. The Morgan fingerprint density at radius 1 is 0.700 bits per heavy atom. The summed E-state index contributed by atoms with van der Waals surface area (Å²) in [7, 11) is 0. The minimum Gasteiger partial charge on any atom is -0.506 e. The van der Waals surface area contributed by atoms with E-state index in [1.54, 1.807) is 12.1 Å². The van der Waals surface area contributed by atoms with Gasteiger partial charge in [0.25, 0.3) is 0 Å². The first-order valence-electron chi connectivity index (χ1n) is 9.62. The minimum absolute atomic E-state index is 0.00261. The van der Waals surface area contributed by atoms with Crippen molar-refractivity contribution in [2.45, 2.75) is 0 Å². The molecule has 5 nitrogen and oxygen atoms in total. The standard InChI is InChI=1S/C25H17N3O2/c26-25(27)28(23-17-5-1-3-13-7-9-15(21(13)17)11-19(23)29)24-18-6-2-4-14-8-10-16(22(14)18)12-20(24)30/h1-12,29-30H,(H3,26,27). The molecular weight excluding hydrogens is 374 g/mol. The molecule has 2 aliphatic carbocycles. The highest BCUT2D eigenvalue weighted by Crippen LogP contribution is 2.50. The Morgan fingerprint density at radius 2 is 1.13 bits per heavy atom. The van der Waals surface area contributed by atoms with Gasteiger partial charge in [0.2, 0.25) is 0 Å². The molecule has 0 heterocycles. The third-order valence-electron chi connectivity index (χ3n) is 5.92. The van der Waals surface area contributed by atoms with E-state index in [-0.39, 0.29) is 17.5 Å². The fourth-order valence-corrected chi connectivity index (χ4v) is 4.75. The van der Waals surface area contributed by atoms with Crippen LogP contribution < -0.4 is 10.6 Å². The summed E-state index contributed by atoms with van der Waals surface area (Å²) >= 11 is 0. The molecule has 0 spiro atoms. The van der Waals surface area contributed by atoms with Gasteiger partial charge in [0.1, 0.15) is 11.5 Å². The second-order valence-electron chi connectivity index (χ2n) is 7.59. The Bertz CT molecular complexity index is 1390. The van der Waals surface area contributed by atoms with Gasteiger partial charge in [-0.2, -0.15) is 0 Å². The summed E-state index contributed by atoms with van der Waals surface area (Å²) in [4.78, 5) is 1.44. The van der Waals surface area contributed by atoms with Gasteiger partial charge >= 0.3 is 0 Å². The molecule has 5 heteroatoms. The van der Waals surface area contributed by atoms with Crippen LogP contribution in [0.3, 0.4) is 0 Å². The van der Waals surface area contributed by atoms with Crippen LogP contribution in [0.15, 0.2) is 48.5 Å². The van der Waals surface area contributed by atoms with Crippen molar-refractivity contribution >= 4 is 63.2 Å². The Kier molecular flexibility index (Phi) is 3.14. The van der Waals surface area contributed by atoms with Gasteiger partial charge in [-0.1, -0.05) is 60.7 Å². The SMILES string of the molecule is N=C(N)N(c1c(O)cc2c3c(cccc13)C=C2)c1c(O)cc2c3c(cccc13)C=C2. The zero-order valence-corrected chi connectivity index (χ0v) is 15.8. The van der Waals surface area contributed by atoms with Gasteiger partial charge in [-0.25, -0.2) is 0 Å². The van der Waals surface area contributed by atoms with E-state index in [2.05, 4.69) is 0 Å². The molecule has 2 aliphatic rings. The van der Waals surface area contributed by atoms with E-state index in [0.29, 0.717) is 11.4 Å². The first kappa shape index (κ1) is 16.7. The van der Waals surface area contributed by atoms with Crippen LogP contribution in [0.2, 0.25) is 0 Å². The van der Waals surface area contributed by atoms with Crippen LogP contribution in [0.25, 0.3) is 45.8 Å². The van der Waals surface area contributed by atoms with Crippen LogP contribution in [-0.4, -0.2) is 16.2 Å². The molecule has 0 aromatic heterocycles. The molecule has 4 aromatic rings. The van der Waals surface area contributed by atoms with Gasteiger partial charge in [-0.05, 0) is 45.2 Å². The molecule has 5 N–H and O–H groups in total. The lowest BCUT2D eigenvalue weighted by molar-refractivity contribution is 0.474. The molecule has 6 rings (SSSR count). The molecule has 4 aromatic carbocycles. The summed E-state index contributed by atoms with van der Waals surface area (Å²) in [6, 6.07) is 15.0. The Balaban J connectivity index is 1.73. The molecular formula is C25H17N3O2. The average molecular weight is 391 g/mol. The zero-order valence-electron chi connectivity index (χ0n) is 15.8. The molecule has 0 saturated heterocycles. The molecule has 0 aliphatic heterocycles. The van der Waals surface area contributed by atoms with Gasteiger partial charge in [-0.15, -0.1) is 0 Å². The number of anilines is 2. The lowest BCUT2D eigenvalue weighted by atomic mass is 9.98. The van der Waals surface area contributed by atoms with Gasteiger partial charge in [0, 0.05) is 10.8 Å². The number of phenolic OH excluding ortho intramolecular Hbond substituents is 2. The van der Waals surface area contributed by atoms with E-state index in [1.165, 1.54) is 4.90 Å². The molecule has 0 bridgehead atoms. The van der Waals surface area contributed by atoms with E-state index >= 15 is 0 Å². The van der Waals surface area contributed by atoms with E-state index < -0.39 is 0 Å². The van der Waals surface area contributed by atoms with Gasteiger partial charge in [-0.3, -0.25) is 10.3 Å². The summed E-state index contributed by atoms with van der Waals surface area (Å²) in [6.45, 7) is 0. The lowest BCUT2D eigenvalue weighted by Gasteiger charge is -2.28. The van der Waals surface area contributed by atoms with E-state index in [0.717, 1.165) is 43.8 Å². The maximum Gasteiger partial charge on any atom is 0.197 e. The zero-order chi connectivity index (χ0) is 20.6. The van der Waals surface area contributed by atoms with Crippen molar-refractivity contribution in [1.82, 2.24) is 0 Å². The van der Waals surface area contributed by atoms with Crippen molar-refractivity contribution in [3.8, 4) is 11.5 Å². The maximum atomic E-state index is 11.0. The summed E-state index contributed by atoms with van der Waals surface area (Å²) in [5.74, 6) is -0.298. The third-order valence-corrected chi connectivity index (χ3v) is 5.92. The van der Waals surface area contributed by atoms with Crippen LogP contribution in [-0.2, 0) is 0 Å². The van der Waals surface area contributed by atoms with Crippen LogP contribution >= 0.6 is 0 Å². The Morgan fingerprint density at radius 3 is 1.57 bits per heavy atom. The first-order valence-corrected chi connectivity index (χ1v) is 9.62. The molecule has 0 saturated carbocycles. The van der Waals surface area contributed by atoms with Crippen molar-refractivity contribution in [2.75, 3.05) is 4.90 Å². The second kappa shape index (κ2) is 5.64. The van der Waals surface area contributed by atoms with Crippen molar-refractivity contribution in [3.63, 3.8) is 0 Å². The van der Waals surface area contributed by atoms with Crippen molar-refractivity contribution in [2.24, 2.45) is 5.73 Å². The highest BCUT2D eigenvalue weighted by molar-refractivity contribution is 6.21. The predicted molar refractivity (Wildman–Crippen MR) is 123 cm³/mol. The number of rotatable bonds is 2. The van der Waals surface area contributed by atoms with E-state index in [4.69, 9.17) is 11.1 Å². The Hall–Kier alpha value is -4.25. The summed E-state index contributed by atoms with van der Waals surface area (Å²) in [5.41, 5.74) is 10.7. The topological polar surface area (TPSA) is 93.6 Å². The summed E-state index contributed by atoms with van der Waals surface area (Å²) < 4.78 is 0. The van der Waals surface area contributed by atoms with E-state index in [1.807, 2.05) is 60.7 Å². The second-order valence-corrected chi connectivity index (χ2v) is 7.59. The predicted octanol–water partition coefficient (Wildman–Crippen LogP) is 5.40. The number of nitrogens with zero attached hydrogens (tertiary/aromatic N) is 1. The number of hydrogen-bond acceptors (Lipinski definition) is 3. The summed E-state index contributed by atoms with van der Waals surface area (Å²) in [6.07, 6.45) is 7.92. The number of aromatic hydroxyl groups is 2. The van der Waals surface area contributed by atoms with Gasteiger partial charge in [0.05, 0.1) is 11.4 Å². The normalized spacial score (nSPS) is 12.9. The van der Waals surface area contributed by atoms with E-state index in [9.17, 15) is 10.2 Å². The molecule has 144 valence electrons. The number of benzene rings is 4. The van der Waals surface area contributed by atoms with Crippen LogP contribution in [0.5, 0.6) is 11.5 Å². The van der Waals surface area contributed by atoms with Crippen LogP contribution in [0.1, 0.15) is 22.3 Å². The van der Waals surface area contributed by atoms with Crippen molar-refractivity contribution < 1.29 is 10.2 Å². The lowest BCUT2D eigenvalue weighted by Crippen LogP contribution is -2.32. The molecule has 0 unspecified atom stereocenters. The van der Waals surface area contributed by atoms with Gasteiger partial charge < -0.3 is 15.9 Å². The fraction of sp³-hybridized carbons (Fsp3) is 0.